The Morgan fingerprint density at radius 3 is 2.86 bits per heavy atom. The average molecular weight is 214 g/mol. The molecule has 1 aliphatic carbocycles. The predicted molar refractivity (Wildman–Crippen MR) is 48.5 cm³/mol. The second-order valence-electron chi connectivity index (χ2n) is 2.85. The number of aliphatic imine (C=N–C) groups is 1. The Kier molecular flexibility index (Phi) is 1.79. The van der Waals surface area contributed by atoms with Gasteiger partial charge >= 0.3 is 6.03 Å². The molecule has 0 saturated carbocycles. The van der Waals surface area contributed by atoms with E-state index in [1.807, 2.05) is 0 Å². The number of allylic oxidation sites excluding steroid dienone is 1. The van der Waals surface area contributed by atoms with Crippen LogP contribution in [-0.4, -0.2) is 30.0 Å². The molecule has 1 unspecified atom stereocenters. The molecule has 1 heterocycles. The predicted octanol–water partition coefficient (Wildman–Crippen LogP) is -0.139. The monoisotopic (exact) mass is 214 g/mol. The number of carbonyl (C=O) groups excluding carboxylic acids is 1. The highest BCUT2D eigenvalue weighted by Crippen LogP contribution is 2.16. The minimum absolute atomic E-state index is 0.320. The van der Waals surface area contributed by atoms with Gasteiger partial charge in [-0.05, 0) is 12.2 Å². The molecular weight excluding hydrogens is 208 g/mol. The molecule has 0 aromatic carbocycles. The molecule has 7 heteroatoms. The van der Waals surface area contributed by atoms with Crippen molar-refractivity contribution < 1.29 is 17.8 Å². The van der Waals surface area contributed by atoms with Crippen molar-refractivity contribution >= 4 is 21.9 Å². The van der Waals surface area contributed by atoms with Gasteiger partial charge in [0.2, 0.25) is 0 Å². The molecule has 2 rings (SSSR count). The topological polar surface area (TPSA) is 95.8 Å². The van der Waals surface area contributed by atoms with Crippen LogP contribution in [0.5, 0.6) is 0 Å². The van der Waals surface area contributed by atoms with Crippen LogP contribution in [0.2, 0.25) is 0 Å². The summed E-state index contributed by atoms with van der Waals surface area (Å²) in [6.45, 7) is 0. The number of fused-ring (bicyclic) bond motifs is 1. The van der Waals surface area contributed by atoms with Crippen molar-refractivity contribution in [2.75, 3.05) is 0 Å². The first-order valence-corrected chi connectivity index (χ1v) is 5.23. The molecule has 1 atom stereocenters. The average Bonchev–Trinajstić information content (AvgIpc) is 2.41. The van der Waals surface area contributed by atoms with E-state index >= 15 is 0 Å². The molecule has 0 radical (unpaired) electrons. The van der Waals surface area contributed by atoms with E-state index in [1.54, 1.807) is 0 Å². The van der Waals surface area contributed by atoms with E-state index in [9.17, 15) is 13.2 Å². The third-order valence-corrected chi connectivity index (χ3v) is 2.84. The molecule has 74 valence electrons. The molecule has 0 bridgehead atoms. The van der Waals surface area contributed by atoms with Crippen LogP contribution in [0.15, 0.2) is 28.9 Å². The Labute approximate surface area is 79.8 Å². The summed E-state index contributed by atoms with van der Waals surface area (Å²) >= 11 is 0. The summed E-state index contributed by atoms with van der Waals surface area (Å²) < 4.78 is 30.3. The highest BCUT2D eigenvalue weighted by Gasteiger charge is 2.27. The molecule has 2 aliphatic rings. The second-order valence-corrected chi connectivity index (χ2v) is 4.42. The van der Waals surface area contributed by atoms with Crippen LogP contribution in [0.3, 0.4) is 0 Å². The van der Waals surface area contributed by atoms with Crippen molar-refractivity contribution in [3.63, 3.8) is 0 Å². The number of amides is 2. The van der Waals surface area contributed by atoms with Crippen LogP contribution in [0.4, 0.5) is 4.79 Å². The number of hydrogen-bond acceptors (Lipinski definition) is 3. The van der Waals surface area contributed by atoms with E-state index in [0.717, 1.165) is 0 Å². The zero-order valence-corrected chi connectivity index (χ0v) is 7.65. The molecule has 0 aromatic heterocycles. The maximum atomic E-state index is 10.8. The summed E-state index contributed by atoms with van der Waals surface area (Å²) in [4.78, 5) is 14.3. The maximum Gasteiger partial charge on any atom is 0.346 e. The summed E-state index contributed by atoms with van der Waals surface area (Å²) in [5.41, 5.74) is 0.704. The van der Waals surface area contributed by atoms with Crippen molar-refractivity contribution in [3.8, 4) is 0 Å². The van der Waals surface area contributed by atoms with Gasteiger partial charge < -0.3 is 5.32 Å². The number of nitrogens with one attached hydrogen (secondary N) is 1. The number of hydrogen-bond donors (Lipinski definition) is 2. The standard InChI is InChI=1S/C7H6N2O4S/c10-7-8-5-2-1-4(14(11,12)13)3-6(5)9-7/h1-4H,(H,9,10)(H,11,12,13). The van der Waals surface area contributed by atoms with E-state index in [1.165, 1.54) is 18.2 Å². The summed E-state index contributed by atoms with van der Waals surface area (Å²) in [7, 11) is -4.15. The first-order valence-electron chi connectivity index (χ1n) is 3.73. The Morgan fingerprint density at radius 2 is 2.21 bits per heavy atom. The molecule has 6 nitrogen and oxygen atoms in total. The lowest BCUT2D eigenvalue weighted by molar-refractivity contribution is 0.253. The fourth-order valence-corrected chi connectivity index (χ4v) is 1.81. The SMILES string of the molecule is O=C1N=C2C=CC(S(=O)(=O)O)C=C2N1. The van der Waals surface area contributed by atoms with Crippen LogP contribution >= 0.6 is 0 Å². The van der Waals surface area contributed by atoms with Gasteiger partial charge in [-0.25, -0.2) is 4.79 Å². The van der Waals surface area contributed by atoms with Gasteiger partial charge in [0.25, 0.3) is 10.1 Å². The smallest absolute Gasteiger partial charge is 0.304 e. The lowest BCUT2D eigenvalue weighted by Gasteiger charge is -2.10. The minimum atomic E-state index is -4.15. The first-order chi connectivity index (χ1) is 6.47. The molecule has 0 saturated heterocycles. The van der Waals surface area contributed by atoms with Gasteiger partial charge in [0.1, 0.15) is 5.25 Å². The third kappa shape index (κ3) is 1.47. The summed E-state index contributed by atoms with van der Waals surface area (Å²) in [5, 5.41) is 1.23. The molecule has 14 heavy (non-hydrogen) atoms. The molecule has 0 fully saturated rings. The van der Waals surface area contributed by atoms with E-state index in [4.69, 9.17) is 4.55 Å². The van der Waals surface area contributed by atoms with Crippen LogP contribution in [-0.2, 0) is 10.1 Å². The van der Waals surface area contributed by atoms with Gasteiger partial charge in [0, 0.05) is 0 Å². The fraction of sp³-hybridized carbons (Fsp3) is 0.143. The molecular formula is C7H6N2O4S. The third-order valence-electron chi connectivity index (χ3n) is 1.86. The van der Waals surface area contributed by atoms with Gasteiger partial charge in [-0.1, -0.05) is 6.08 Å². The highest BCUT2D eigenvalue weighted by molar-refractivity contribution is 7.86. The van der Waals surface area contributed by atoms with E-state index in [0.29, 0.717) is 11.4 Å². The van der Waals surface area contributed by atoms with Crippen molar-refractivity contribution in [2.24, 2.45) is 4.99 Å². The lowest BCUT2D eigenvalue weighted by Crippen LogP contribution is -2.24. The van der Waals surface area contributed by atoms with Gasteiger partial charge in [0.15, 0.2) is 0 Å². The Bertz CT molecular complexity index is 486. The molecule has 2 N–H and O–H groups in total. The lowest BCUT2D eigenvalue weighted by atomic mass is 10.1. The molecule has 0 aromatic rings. The van der Waals surface area contributed by atoms with E-state index < -0.39 is 21.4 Å². The number of nitrogens with zero attached hydrogens (tertiary/aromatic N) is 1. The second kappa shape index (κ2) is 2.76. The van der Waals surface area contributed by atoms with Gasteiger partial charge in [-0.15, -0.1) is 0 Å². The zero-order valence-electron chi connectivity index (χ0n) is 6.84. The van der Waals surface area contributed by atoms with Crippen molar-refractivity contribution in [2.45, 2.75) is 5.25 Å². The fourth-order valence-electron chi connectivity index (χ4n) is 1.22. The van der Waals surface area contributed by atoms with Crippen LogP contribution in [0.25, 0.3) is 0 Å². The van der Waals surface area contributed by atoms with Crippen LogP contribution in [0, 0.1) is 0 Å². The van der Waals surface area contributed by atoms with E-state index in [-0.39, 0.29) is 0 Å². The number of urea groups is 1. The number of carbonyl (C=O) groups is 1. The van der Waals surface area contributed by atoms with Crippen molar-refractivity contribution in [3.05, 3.63) is 23.9 Å². The Balaban J connectivity index is 2.39. The molecule has 1 aliphatic heterocycles. The summed E-state index contributed by atoms with van der Waals surface area (Å²) in [5.74, 6) is 0. The number of rotatable bonds is 1. The Morgan fingerprint density at radius 1 is 1.50 bits per heavy atom. The largest absolute Gasteiger partial charge is 0.346 e. The van der Waals surface area contributed by atoms with Gasteiger partial charge in [-0.2, -0.15) is 13.4 Å². The summed E-state index contributed by atoms with van der Waals surface area (Å²) in [6, 6.07) is -0.535. The minimum Gasteiger partial charge on any atom is -0.304 e. The molecule has 0 spiro atoms. The Hall–Kier alpha value is -1.47. The van der Waals surface area contributed by atoms with Crippen LogP contribution in [0.1, 0.15) is 0 Å². The molecule has 2 amide bonds. The van der Waals surface area contributed by atoms with E-state index in [2.05, 4.69) is 10.3 Å². The van der Waals surface area contributed by atoms with Gasteiger partial charge in [0.05, 0.1) is 11.4 Å². The first kappa shape index (κ1) is 9.10. The van der Waals surface area contributed by atoms with Crippen LogP contribution < -0.4 is 5.32 Å². The van der Waals surface area contributed by atoms with Crippen molar-refractivity contribution in [1.29, 1.82) is 0 Å². The maximum absolute atomic E-state index is 10.8. The normalized spacial score (nSPS) is 25.2. The van der Waals surface area contributed by atoms with Gasteiger partial charge in [-0.3, -0.25) is 4.55 Å². The summed E-state index contributed by atoms with van der Waals surface area (Å²) in [6.07, 6.45) is 3.88. The highest BCUT2D eigenvalue weighted by atomic mass is 32.2. The van der Waals surface area contributed by atoms with Crippen molar-refractivity contribution in [1.82, 2.24) is 5.32 Å². The quantitative estimate of drug-likeness (QED) is 0.594. The zero-order chi connectivity index (χ0) is 10.3.